The Morgan fingerprint density at radius 3 is 2.59 bits per heavy atom. The quantitative estimate of drug-likeness (QED) is 0.390. The lowest BCUT2D eigenvalue weighted by Crippen LogP contribution is -2.44. The zero-order valence-electron chi connectivity index (χ0n) is 17.3. The van der Waals surface area contributed by atoms with Crippen molar-refractivity contribution in [3.05, 3.63) is 18.2 Å². The van der Waals surface area contributed by atoms with Crippen LogP contribution >= 0.6 is 0 Å². The Hall–Kier alpha value is -1.99. The van der Waals surface area contributed by atoms with Gasteiger partial charge in [-0.2, -0.15) is 0 Å². The van der Waals surface area contributed by atoms with Crippen LogP contribution in [-0.4, -0.2) is 82.8 Å². The van der Waals surface area contributed by atoms with Crippen LogP contribution in [0.4, 0.5) is 5.69 Å². The van der Waals surface area contributed by atoms with Crippen molar-refractivity contribution >= 4 is 11.6 Å². The number of ether oxygens (including phenoxy) is 2. The van der Waals surface area contributed by atoms with Gasteiger partial charge in [0.2, 0.25) is 0 Å². The number of nitrogens with zero attached hydrogens (tertiary/aromatic N) is 3. The van der Waals surface area contributed by atoms with Crippen LogP contribution in [-0.2, 0) is 0 Å². The maximum atomic E-state index is 5.63. The molecule has 0 spiro atoms. The highest BCUT2D eigenvalue weighted by molar-refractivity contribution is 5.93. The number of anilines is 1. The molecule has 0 aliphatic carbocycles. The normalized spacial score (nSPS) is 16.2. The molecule has 2 N–H and O–H groups in total. The molecule has 1 fully saturated rings. The number of methoxy groups -OCH3 is 1. The molecule has 2 rings (SSSR count). The van der Waals surface area contributed by atoms with E-state index in [1.165, 1.54) is 39.1 Å². The van der Waals surface area contributed by atoms with Crippen molar-refractivity contribution in [3.63, 3.8) is 0 Å². The van der Waals surface area contributed by atoms with Gasteiger partial charge in [0.25, 0.3) is 0 Å². The summed E-state index contributed by atoms with van der Waals surface area (Å²) in [5.41, 5.74) is 0.921. The number of benzene rings is 1. The molecule has 0 atom stereocenters. The van der Waals surface area contributed by atoms with Gasteiger partial charge in [0.1, 0.15) is 0 Å². The largest absolute Gasteiger partial charge is 0.493 e. The Bertz CT molecular complexity index is 586. The number of hydrogen-bond acceptors (Lipinski definition) is 5. The van der Waals surface area contributed by atoms with Gasteiger partial charge in [0.05, 0.1) is 13.7 Å². The monoisotopic (exact) mass is 377 g/mol. The van der Waals surface area contributed by atoms with Gasteiger partial charge < -0.3 is 29.9 Å². The summed E-state index contributed by atoms with van der Waals surface area (Å²) in [4.78, 5) is 9.25. The van der Waals surface area contributed by atoms with E-state index in [1.54, 1.807) is 14.2 Å². The van der Waals surface area contributed by atoms with Gasteiger partial charge in [-0.1, -0.05) is 0 Å². The molecule has 0 aromatic heterocycles. The van der Waals surface area contributed by atoms with E-state index in [2.05, 4.69) is 32.5 Å². The zero-order chi connectivity index (χ0) is 19.5. The van der Waals surface area contributed by atoms with E-state index in [0.717, 1.165) is 36.1 Å². The summed E-state index contributed by atoms with van der Waals surface area (Å²) in [6.07, 6.45) is 2.32. The lowest BCUT2D eigenvalue weighted by Gasteiger charge is -2.32. The number of nitrogens with one attached hydrogen (secondary N) is 2. The highest BCUT2D eigenvalue weighted by atomic mass is 16.5. The van der Waals surface area contributed by atoms with Gasteiger partial charge in [-0.3, -0.25) is 4.99 Å². The first kappa shape index (κ1) is 21.3. The fourth-order valence-electron chi connectivity index (χ4n) is 3.08. The van der Waals surface area contributed by atoms with E-state index in [0.29, 0.717) is 6.61 Å². The first-order valence-corrected chi connectivity index (χ1v) is 9.85. The molecule has 7 heteroatoms. The third-order valence-corrected chi connectivity index (χ3v) is 4.74. The first-order chi connectivity index (χ1) is 13.2. The van der Waals surface area contributed by atoms with Crippen LogP contribution in [0.1, 0.15) is 19.8 Å². The molecule has 1 aromatic carbocycles. The summed E-state index contributed by atoms with van der Waals surface area (Å²) in [5, 5.41) is 6.69. The van der Waals surface area contributed by atoms with E-state index in [4.69, 9.17) is 9.47 Å². The number of unbranched alkanes of at least 4 members (excludes halogenated alkanes) is 1. The van der Waals surface area contributed by atoms with E-state index >= 15 is 0 Å². The molecule has 1 aromatic rings. The molecule has 27 heavy (non-hydrogen) atoms. The highest BCUT2D eigenvalue weighted by Crippen LogP contribution is 2.30. The zero-order valence-corrected chi connectivity index (χ0v) is 17.3. The van der Waals surface area contributed by atoms with Gasteiger partial charge in [-0.05, 0) is 45.5 Å². The molecule has 1 heterocycles. The smallest absolute Gasteiger partial charge is 0.195 e. The standard InChI is InChI=1S/C20H35N5O2/c1-5-27-19-16-17(8-9-18(19)26-4)23-20(21-2)22-10-6-7-11-25-14-12-24(3)13-15-25/h8-9,16H,5-7,10-15H2,1-4H3,(H2,21,22,23). The van der Waals surface area contributed by atoms with Gasteiger partial charge in [0, 0.05) is 51.5 Å². The molecule has 1 aliphatic heterocycles. The van der Waals surface area contributed by atoms with Crippen LogP contribution in [0, 0.1) is 0 Å². The topological polar surface area (TPSA) is 61.4 Å². The van der Waals surface area contributed by atoms with Crippen LogP contribution in [0.15, 0.2) is 23.2 Å². The summed E-state index contributed by atoms with van der Waals surface area (Å²) in [7, 11) is 5.63. The van der Waals surface area contributed by atoms with E-state index in [9.17, 15) is 0 Å². The average Bonchev–Trinajstić information content (AvgIpc) is 2.68. The summed E-state index contributed by atoms with van der Waals surface area (Å²) >= 11 is 0. The van der Waals surface area contributed by atoms with Crippen LogP contribution in [0.25, 0.3) is 0 Å². The summed E-state index contributed by atoms with van der Waals surface area (Å²) in [6.45, 7) is 9.38. The van der Waals surface area contributed by atoms with E-state index < -0.39 is 0 Å². The van der Waals surface area contributed by atoms with Crippen molar-refractivity contribution in [2.24, 2.45) is 4.99 Å². The van der Waals surface area contributed by atoms with Crippen LogP contribution in [0.3, 0.4) is 0 Å². The third-order valence-electron chi connectivity index (χ3n) is 4.74. The van der Waals surface area contributed by atoms with Crippen LogP contribution in [0.5, 0.6) is 11.5 Å². The SMILES string of the molecule is CCOc1cc(NC(=NC)NCCCCN2CCN(C)CC2)ccc1OC. The van der Waals surface area contributed by atoms with Crippen molar-refractivity contribution in [3.8, 4) is 11.5 Å². The van der Waals surface area contributed by atoms with Crippen LogP contribution in [0.2, 0.25) is 0 Å². The predicted octanol–water partition coefficient (Wildman–Crippen LogP) is 2.11. The Morgan fingerprint density at radius 1 is 1.15 bits per heavy atom. The Kier molecular flexibility index (Phi) is 9.21. The minimum absolute atomic E-state index is 0.597. The maximum Gasteiger partial charge on any atom is 0.195 e. The first-order valence-electron chi connectivity index (χ1n) is 9.85. The number of rotatable bonds is 9. The van der Waals surface area contributed by atoms with Gasteiger partial charge in [-0.15, -0.1) is 0 Å². The fourth-order valence-corrected chi connectivity index (χ4v) is 3.08. The molecule has 0 unspecified atom stereocenters. The minimum atomic E-state index is 0.597. The Balaban J connectivity index is 1.72. The molecule has 1 saturated heterocycles. The summed E-state index contributed by atoms with van der Waals surface area (Å²) in [5.74, 6) is 2.23. The second-order valence-electron chi connectivity index (χ2n) is 6.77. The highest BCUT2D eigenvalue weighted by Gasteiger charge is 2.12. The average molecular weight is 378 g/mol. The van der Waals surface area contributed by atoms with Crippen molar-refractivity contribution in [2.45, 2.75) is 19.8 Å². The molecule has 7 nitrogen and oxygen atoms in total. The fraction of sp³-hybridized carbons (Fsp3) is 0.650. The number of piperazine rings is 1. The molecular formula is C20H35N5O2. The Labute approximate surface area is 163 Å². The number of guanidine groups is 1. The van der Waals surface area contributed by atoms with Crippen molar-refractivity contribution in [2.75, 3.05) is 72.4 Å². The molecular weight excluding hydrogens is 342 g/mol. The molecule has 0 bridgehead atoms. The van der Waals surface area contributed by atoms with E-state index in [-0.39, 0.29) is 0 Å². The van der Waals surface area contributed by atoms with Gasteiger partial charge in [0.15, 0.2) is 17.5 Å². The lowest BCUT2D eigenvalue weighted by molar-refractivity contribution is 0.152. The van der Waals surface area contributed by atoms with Gasteiger partial charge >= 0.3 is 0 Å². The third kappa shape index (κ3) is 7.27. The summed E-state index contributed by atoms with van der Waals surface area (Å²) < 4.78 is 11.0. The summed E-state index contributed by atoms with van der Waals surface area (Å²) in [6, 6.07) is 5.79. The molecule has 0 amide bonds. The Morgan fingerprint density at radius 2 is 1.93 bits per heavy atom. The number of aliphatic imine (C=N–C) groups is 1. The second-order valence-corrected chi connectivity index (χ2v) is 6.77. The van der Waals surface area contributed by atoms with E-state index in [1.807, 2.05) is 25.1 Å². The molecule has 0 radical (unpaired) electrons. The van der Waals surface area contributed by atoms with Gasteiger partial charge in [-0.25, -0.2) is 0 Å². The second kappa shape index (κ2) is 11.7. The minimum Gasteiger partial charge on any atom is -0.493 e. The molecule has 0 saturated carbocycles. The maximum absolute atomic E-state index is 5.63. The molecule has 1 aliphatic rings. The number of likely N-dealkylation sites (N-methyl/N-ethyl adjacent to an activating group) is 1. The lowest BCUT2D eigenvalue weighted by atomic mass is 10.2. The van der Waals surface area contributed by atoms with Crippen molar-refractivity contribution in [1.82, 2.24) is 15.1 Å². The number of hydrogen-bond donors (Lipinski definition) is 2. The van der Waals surface area contributed by atoms with Crippen molar-refractivity contribution < 1.29 is 9.47 Å². The van der Waals surface area contributed by atoms with Crippen molar-refractivity contribution in [1.29, 1.82) is 0 Å². The predicted molar refractivity (Wildman–Crippen MR) is 112 cm³/mol. The molecule has 152 valence electrons. The van der Waals surface area contributed by atoms with Crippen LogP contribution < -0.4 is 20.1 Å².